The predicted molar refractivity (Wildman–Crippen MR) is 95.5 cm³/mol. The second-order valence-electron chi connectivity index (χ2n) is 9.43. The third-order valence-electron chi connectivity index (χ3n) is 8.73. The van der Waals surface area contributed by atoms with Crippen molar-refractivity contribution >= 4 is 5.78 Å². The first-order chi connectivity index (χ1) is 11.5. The fourth-order valence-electron chi connectivity index (χ4n) is 7.35. The highest BCUT2D eigenvalue weighted by Gasteiger charge is 2.58. The van der Waals surface area contributed by atoms with Crippen LogP contribution in [-0.2, 0) is 4.79 Å². The number of nitrogens with zero attached hydrogens (tertiary/aromatic N) is 1. The summed E-state index contributed by atoms with van der Waals surface area (Å²) < 4.78 is 0. The van der Waals surface area contributed by atoms with Crippen LogP contribution in [-0.4, -0.2) is 12.3 Å². The van der Waals surface area contributed by atoms with E-state index < -0.39 is 0 Å². The van der Waals surface area contributed by atoms with Gasteiger partial charge >= 0.3 is 0 Å². The molecule has 6 unspecified atom stereocenters. The summed E-state index contributed by atoms with van der Waals surface area (Å²) in [5, 5.41) is 3.13. The van der Waals surface area contributed by atoms with Gasteiger partial charge in [0.2, 0.25) is 0 Å². The summed E-state index contributed by atoms with van der Waals surface area (Å²) in [6, 6.07) is 0. The lowest BCUT2D eigenvalue weighted by molar-refractivity contribution is -0.117. The SMILES string of the molecule is CC12CCC(=O)C=C1CCC1C2CCC2(C)C(CCN=O)CCC12. The number of hydrogen-bond acceptors (Lipinski definition) is 3. The Labute approximate surface area is 145 Å². The normalized spacial score (nSPS) is 47.4. The van der Waals surface area contributed by atoms with Crippen LogP contribution in [0, 0.1) is 39.4 Å². The summed E-state index contributed by atoms with van der Waals surface area (Å²) >= 11 is 0. The van der Waals surface area contributed by atoms with Crippen molar-refractivity contribution < 1.29 is 4.79 Å². The lowest BCUT2D eigenvalue weighted by Gasteiger charge is -2.58. The van der Waals surface area contributed by atoms with Crippen molar-refractivity contribution in [1.82, 2.24) is 0 Å². The van der Waals surface area contributed by atoms with E-state index in [0.29, 0.717) is 23.7 Å². The molecular formula is C21H31NO2. The van der Waals surface area contributed by atoms with Crippen LogP contribution in [0.4, 0.5) is 0 Å². The molecule has 0 aromatic heterocycles. The number of allylic oxidation sites excluding steroid dienone is 1. The first kappa shape index (κ1) is 16.5. The maximum Gasteiger partial charge on any atom is 0.155 e. The molecule has 4 rings (SSSR count). The molecule has 3 heteroatoms. The molecule has 0 amide bonds. The number of carbonyl (C=O) groups excluding carboxylic acids is 1. The van der Waals surface area contributed by atoms with Crippen LogP contribution in [0.1, 0.15) is 71.6 Å². The van der Waals surface area contributed by atoms with E-state index in [9.17, 15) is 9.70 Å². The summed E-state index contributed by atoms with van der Waals surface area (Å²) in [5.41, 5.74) is 2.16. The van der Waals surface area contributed by atoms with Crippen molar-refractivity contribution in [3.63, 3.8) is 0 Å². The van der Waals surface area contributed by atoms with Gasteiger partial charge in [0, 0.05) is 6.42 Å². The van der Waals surface area contributed by atoms with Crippen LogP contribution in [0.3, 0.4) is 0 Å². The van der Waals surface area contributed by atoms with Gasteiger partial charge in [-0.05, 0) is 91.9 Å². The Kier molecular flexibility index (Phi) is 3.97. The van der Waals surface area contributed by atoms with Gasteiger partial charge in [-0.1, -0.05) is 24.6 Å². The summed E-state index contributed by atoms with van der Waals surface area (Å²) in [4.78, 5) is 22.5. The summed E-state index contributed by atoms with van der Waals surface area (Å²) in [5.74, 6) is 3.46. The molecule has 0 spiro atoms. The minimum atomic E-state index is 0.278. The second-order valence-corrected chi connectivity index (χ2v) is 9.43. The largest absolute Gasteiger partial charge is 0.295 e. The zero-order valence-corrected chi connectivity index (χ0v) is 15.2. The summed E-state index contributed by atoms with van der Waals surface area (Å²) in [7, 11) is 0. The van der Waals surface area contributed by atoms with E-state index in [4.69, 9.17) is 0 Å². The lowest BCUT2D eigenvalue weighted by atomic mass is 9.47. The number of carbonyl (C=O) groups is 1. The molecule has 4 aliphatic carbocycles. The van der Waals surface area contributed by atoms with E-state index in [1.165, 1.54) is 37.7 Å². The minimum Gasteiger partial charge on any atom is -0.295 e. The molecule has 3 fully saturated rings. The second kappa shape index (κ2) is 5.78. The van der Waals surface area contributed by atoms with Gasteiger partial charge in [-0.3, -0.25) is 4.79 Å². The van der Waals surface area contributed by atoms with E-state index in [2.05, 4.69) is 19.0 Å². The number of fused-ring (bicyclic) bond motifs is 5. The molecule has 0 aromatic rings. The van der Waals surface area contributed by atoms with E-state index in [0.717, 1.165) is 43.4 Å². The van der Waals surface area contributed by atoms with Gasteiger partial charge in [-0.15, -0.1) is 0 Å². The summed E-state index contributed by atoms with van der Waals surface area (Å²) in [6.45, 7) is 5.45. The first-order valence-electron chi connectivity index (χ1n) is 10.0. The molecule has 3 nitrogen and oxygen atoms in total. The van der Waals surface area contributed by atoms with Crippen LogP contribution < -0.4 is 0 Å². The summed E-state index contributed by atoms with van der Waals surface area (Å²) in [6.07, 6.45) is 12.5. The Bertz CT molecular complexity index is 582. The maximum absolute atomic E-state index is 11.9. The van der Waals surface area contributed by atoms with Gasteiger partial charge in [-0.2, -0.15) is 4.91 Å². The third kappa shape index (κ3) is 2.26. The van der Waals surface area contributed by atoms with Crippen LogP contribution in [0.25, 0.3) is 0 Å². The molecule has 0 aliphatic heterocycles. The van der Waals surface area contributed by atoms with Crippen LogP contribution in [0.2, 0.25) is 0 Å². The molecule has 0 saturated heterocycles. The third-order valence-corrected chi connectivity index (χ3v) is 8.73. The number of ketones is 1. The molecule has 24 heavy (non-hydrogen) atoms. The molecule has 0 aromatic carbocycles. The smallest absolute Gasteiger partial charge is 0.155 e. The molecule has 0 N–H and O–H groups in total. The molecule has 0 heterocycles. The van der Waals surface area contributed by atoms with Crippen LogP contribution in [0.5, 0.6) is 0 Å². The Hall–Kier alpha value is -0.990. The minimum absolute atomic E-state index is 0.278. The van der Waals surface area contributed by atoms with Crippen molar-refractivity contribution in [2.75, 3.05) is 6.54 Å². The first-order valence-corrected chi connectivity index (χ1v) is 10.0. The molecule has 132 valence electrons. The lowest BCUT2D eigenvalue weighted by Crippen LogP contribution is -2.50. The molecule has 0 bridgehead atoms. The maximum atomic E-state index is 11.9. The quantitative estimate of drug-likeness (QED) is 0.660. The van der Waals surface area contributed by atoms with Crippen LogP contribution >= 0.6 is 0 Å². The van der Waals surface area contributed by atoms with E-state index in [1.807, 2.05) is 6.08 Å². The zero-order chi connectivity index (χ0) is 16.9. The molecule has 0 radical (unpaired) electrons. The zero-order valence-electron chi connectivity index (χ0n) is 15.2. The van der Waals surface area contributed by atoms with Gasteiger partial charge in [-0.25, -0.2) is 0 Å². The average molecular weight is 329 g/mol. The highest BCUT2D eigenvalue weighted by atomic mass is 16.3. The van der Waals surface area contributed by atoms with Crippen molar-refractivity contribution in [3.8, 4) is 0 Å². The number of hydrogen-bond donors (Lipinski definition) is 0. The highest BCUT2D eigenvalue weighted by Crippen LogP contribution is 2.66. The van der Waals surface area contributed by atoms with Gasteiger partial charge in [0.25, 0.3) is 0 Å². The van der Waals surface area contributed by atoms with Gasteiger partial charge in [0.1, 0.15) is 0 Å². The van der Waals surface area contributed by atoms with Crippen molar-refractivity contribution in [3.05, 3.63) is 16.6 Å². The molecular weight excluding hydrogens is 298 g/mol. The Morgan fingerprint density at radius 1 is 1.08 bits per heavy atom. The Balaban J connectivity index is 1.60. The van der Waals surface area contributed by atoms with E-state index in [1.54, 1.807) is 0 Å². The van der Waals surface area contributed by atoms with Gasteiger partial charge < -0.3 is 0 Å². The van der Waals surface area contributed by atoms with E-state index in [-0.39, 0.29) is 5.41 Å². The van der Waals surface area contributed by atoms with Crippen molar-refractivity contribution in [1.29, 1.82) is 0 Å². The molecule has 3 saturated carbocycles. The fraction of sp³-hybridized carbons (Fsp3) is 0.857. The van der Waals surface area contributed by atoms with Crippen molar-refractivity contribution in [2.24, 2.45) is 39.7 Å². The van der Waals surface area contributed by atoms with Gasteiger partial charge in [0.05, 0.1) is 6.54 Å². The predicted octanol–water partition coefficient (Wildman–Crippen LogP) is 5.29. The molecule has 6 atom stereocenters. The highest BCUT2D eigenvalue weighted by molar-refractivity contribution is 5.91. The number of nitroso groups, excluding NO2 is 1. The number of rotatable bonds is 3. The monoisotopic (exact) mass is 329 g/mol. The standard InChI is InChI=1S/C21H31NO2/c1-20-11-8-19-17(18(20)6-4-14(20)9-12-22-24)5-3-15-13-16(23)7-10-21(15,19)2/h13-14,17-19H,3-12H2,1-2H3. The Morgan fingerprint density at radius 3 is 2.71 bits per heavy atom. The van der Waals surface area contributed by atoms with Gasteiger partial charge in [0.15, 0.2) is 5.78 Å². The fourth-order valence-corrected chi connectivity index (χ4v) is 7.35. The van der Waals surface area contributed by atoms with Crippen LogP contribution in [0.15, 0.2) is 16.8 Å². The molecule has 4 aliphatic rings. The topological polar surface area (TPSA) is 46.5 Å². The van der Waals surface area contributed by atoms with Crippen molar-refractivity contribution in [2.45, 2.75) is 71.6 Å². The average Bonchev–Trinajstić information content (AvgIpc) is 2.90. The van der Waals surface area contributed by atoms with E-state index >= 15 is 0 Å². The Morgan fingerprint density at radius 2 is 1.92 bits per heavy atom.